The summed E-state index contributed by atoms with van der Waals surface area (Å²) in [6, 6.07) is 10.9. The van der Waals surface area contributed by atoms with Crippen molar-refractivity contribution in [3.05, 3.63) is 65.7 Å². The Balaban J connectivity index is 1.61. The standard InChI is InChI=1S/C18H21FN2O/c19-18-5-3-15(4-6-18)10-17-13-21(8-9-22-14-17)12-16-2-1-7-20-11-16/h1-7,11,17H,8-10,12-14H2/t17-/m1/s1. The number of hydrogen-bond acceptors (Lipinski definition) is 3. The van der Waals surface area contributed by atoms with Crippen molar-refractivity contribution in [3.63, 3.8) is 0 Å². The van der Waals surface area contributed by atoms with Gasteiger partial charge in [0.2, 0.25) is 0 Å². The lowest BCUT2D eigenvalue weighted by molar-refractivity contribution is 0.121. The summed E-state index contributed by atoms with van der Waals surface area (Å²) in [5.74, 6) is 0.253. The predicted molar refractivity (Wildman–Crippen MR) is 83.9 cm³/mol. The van der Waals surface area contributed by atoms with Crippen molar-refractivity contribution in [2.45, 2.75) is 13.0 Å². The van der Waals surface area contributed by atoms with Crippen LogP contribution in [0.3, 0.4) is 0 Å². The molecule has 0 bridgehead atoms. The average molecular weight is 300 g/mol. The molecule has 1 aliphatic rings. The van der Waals surface area contributed by atoms with Gasteiger partial charge in [0.15, 0.2) is 0 Å². The van der Waals surface area contributed by atoms with Crippen LogP contribution in [-0.4, -0.2) is 36.2 Å². The summed E-state index contributed by atoms with van der Waals surface area (Å²) < 4.78 is 18.7. The summed E-state index contributed by atoms with van der Waals surface area (Å²) in [6.45, 7) is 4.36. The van der Waals surface area contributed by atoms with E-state index >= 15 is 0 Å². The Morgan fingerprint density at radius 1 is 1.18 bits per heavy atom. The minimum Gasteiger partial charge on any atom is -0.380 e. The fourth-order valence-electron chi connectivity index (χ4n) is 2.92. The lowest BCUT2D eigenvalue weighted by Gasteiger charge is -2.23. The fraction of sp³-hybridized carbons (Fsp3) is 0.389. The van der Waals surface area contributed by atoms with Gasteiger partial charge in [-0.2, -0.15) is 0 Å². The van der Waals surface area contributed by atoms with Crippen LogP contribution in [-0.2, 0) is 17.7 Å². The Labute approximate surface area is 130 Å². The molecule has 1 aromatic carbocycles. The van der Waals surface area contributed by atoms with Crippen LogP contribution in [0.5, 0.6) is 0 Å². The van der Waals surface area contributed by atoms with Gasteiger partial charge >= 0.3 is 0 Å². The normalized spacial score (nSPS) is 19.8. The second kappa shape index (κ2) is 7.47. The van der Waals surface area contributed by atoms with E-state index < -0.39 is 0 Å². The minimum absolute atomic E-state index is 0.181. The number of aromatic nitrogens is 1. The molecular formula is C18H21FN2O. The van der Waals surface area contributed by atoms with E-state index in [1.807, 2.05) is 24.4 Å². The molecule has 2 heterocycles. The molecular weight excluding hydrogens is 279 g/mol. The van der Waals surface area contributed by atoms with E-state index in [0.29, 0.717) is 5.92 Å². The molecule has 0 saturated carbocycles. The van der Waals surface area contributed by atoms with Gasteiger partial charge in [0.25, 0.3) is 0 Å². The highest BCUT2D eigenvalue weighted by molar-refractivity contribution is 5.17. The maximum absolute atomic E-state index is 13.0. The first-order valence-corrected chi connectivity index (χ1v) is 7.73. The third kappa shape index (κ3) is 4.36. The molecule has 1 aromatic heterocycles. The smallest absolute Gasteiger partial charge is 0.123 e. The van der Waals surface area contributed by atoms with E-state index in [2.05, 4.69) is 16.0 Å². The molecule has 1 fully saturated rings. The maximum atomic E-state index is 13.0. The van der Waals surface area contributed by atoms with Crippen molar-refractivity contribution in [3.8, 4) is 0 Å². The monoisotopic (exact) mass is 300 g/mol. The molecule has 0 amide bonds. The zero-order valence-electron chi connectivity index (χ0n) is 12.6. The Hall–Kier alpha value is -1.78. The lowest BCUT2D eigenvalue weighted by Crippen LogP contribution is -2.30. The molecule has 0 radical (unpaired) electrons. The van der Waals surface area contributed by atoms with E-state index in [9.17, 15) is 4.39 Å². The predicted octanol–water partition coefficient (Wildman–Crippen LogP) is 2.91. The summed E-state index contributed by atoms with van der Waals surface area (Å²) in [7, 11) is 0. The van der Waals surface area contributed by atoms with Crippen LogP contribution in [0.25, 0.3) is 0 Å². The Bertz CT molecular complexity index is 573. The molecule has 1 atom stereocenters. The van der Waals surface area contributed by atoms with E-state index in [4.69, 9.17) is 4.74 Å². The van der Waals surface area contributed by atoms with Crippen LogP contribution in [0.2, 0.25) is 0 Å². The van der Waals surface area contributed by atoms with Gasteiger partial charge in [-0.05, 0) is 41.7 Å². The molecule has 1 saturated heterocycles. The van der Waals surface area contributed by atoms with E-state index in [0.717, 1.165) is 39.3 Å². The van der Waals surface area contributed by atoms with E-state index in [-0.39, 0.29) is 5.82 Å². The van der Waals surface area contributed by atoms with Crippen molar-refractivity contribution >= 4 is 0 Å². The summed E-state index contributed by atoms with van der Waals surface area (Å²) in [6.07, 6.45) is 4.64. The number of rotatable bonds is 4. The van der Waals surface area contributed by atoms with Gasteiger partial charge in [0.05, 0.1) is 13.2 Å². The van der Waals surface area contributed by atoms with Gasteiger partial charge in [-0.25, -0.2) is 4.39 Å². The van der Waals surface area contributed by atoms with Crippen LogP contribution >= 0.6 is 0 Å². The average Bonchev–Trinajstić information content (AvgIpc) is 2.76. The minimum atomic E-state index is -0.181. The molecule has 0 N–H and O–H groups in total. The number of halogens is 1. The van der Waals surface area contributed by atoms with Gasteiger partial charge in [-0.3, -0.25) is 9.88 Å². The first kappa shape index (κ1) is 15.1. The van der Waals surface area contributed by atoms with E-state index in [1.165, 1.54) is 23.3 Å². The molecule has 22 heavy (non-hydrogen) atoms. The zero-order valence-corrected chi connectivity index (χ0v) is 12.6. The fourth-order valence-corrected chi connectivity index (χ4v) is 2.92. The Kier molecular flexibility index (Phi) is 5.14. The molecule has 116 valence electrons. The van der Waals surface area contributed by atoms with Crippen LogP contribution in [0.15, 0.2) is 48.8 Å². The van der Waals surface area contributed by atoms with Crippen molar-refractivity contribution in [1.82, 2.24) is 9.88 Å². The van der Waals surface area contributed by atoms with Crippen molar-refractivity contribution in [1.29, 1.82) is 0 Å². The molecule has 2 aromatic rings. The molecule has 4 heteroatoms. The lowest BCUT2D eigenvalue weighted by atomic mass is 9.99. The van der Waals surface area contributed by atoms with Crippen molar-refractivity contribution in [2.75, 3.05) is 26.3 Å². The van der Waals surface area contributed by atoms with E-state index in [1.54, 1.807) is 6.20 Å². The first-order chi connectivity index (χ1) is 10.8. The Morgan fingerprint density at radius 3 is 2.82 bits per heavy atom. The molecule has 1 aliphatic heterocycles. The molecule has 3 rings (SSSR count). The largest absolute Gasteiger partial charge is 0.380 e. The first-order valence-electron chi connectivity index (χ1n) is 7.73. The van der Waals surface area contributed by atoms with Crippen LogP contribution in [0, 0.1) is 11.7 Å². The van der Waals surface area contributed by atoms with Crippen LogP contribution in [0.4, 0.5) is 4.39 Å². The molecule has 3 nitrogen and oxygen atoms in total. The maximum Gasteiger partial charge on any atom is 0.123 e. The van der Waals surface area contributed by atoms with Gasteiger partial charge in [0, 0.05) is 32.0 Å². The molecule has 0 aliphatic carbocycles. The third-order valence-corrected chi connectivity index (χ3v) is 3.99. The summed E-state index contributed by atoms with van der Waals surface area (Å²) in [5.41, 5.74) is 2.39. The quantitative estimate of drug-likeness (QED) is 0.868. The Morgan fingerprint density at radius 2 is 2.05 bits per heavy atom. The highest BCUT2D eigenvalue weighted by atomic mass is 19.1. The van der Waals surface area contributed by atoms with Crippen molar-refractivity contribution < 1.29 is 9.13 Å². The highest BCUT2D eigenvalue weighted by Crippen LogP contribution is 2.16. The number of ether oxygens (including phenoxy) is 1. The third-order valence-electron chi connectivity index (χ3n) is 3.99. The summed E-state index contributed by atoms with van der Waals surface area (Å²) in [4.78, 5) is 6.59. The van der Waals surface area contributed by atoms with Crippen LogP contribution < -0.4 is 0 Å². The molecule has 0 unspecified atom stereocenters. The topological polar surface area (TPSA) is 25.4 Å². The SMILES string of the molecule is Fc1ccc(C[C@H]2COCCN(Cc3cccnc3)C2)cc1. The van der Waals surface area contributed by atoms with Gasteiger partial charge in [-0.1, -0.05) is 18.2 Å². The van der Waals surface area contributed by atoms with Gasteiger partial charge in [-0.15, -0.1) is 0 Å². The number of hydrogen-bond donors (Lipinski definition) is 0. The zero-order chi connectivity index (χ0) is 15.2. The summed E-state index contributed by atoms with van der Waals surface area (Å²) in [5, 5.41) is 0. The second-order valence-electron chi connectivity index (χ2n) is 5.87. The highest BCUT2D eigenvalue weighted by Gasteiger charge is 2.19. The van der Waals surface area contributed by atoms with Gasteiger partial charge in [0.1, 0.15) is 5.82 Å². The number of pyridine rings is 1. The number of benzene rings is 1. The summed E-state index contributed by atoms with van der Waals surface area (Å²) >= 11 is 0. The second-order valence-corrected chi connectivity index (χ2v) is 5.87. The number of nitrogens with zero attached hydrogens (tertiary/aromatic N) is 2. The molecule has 0 spiro atoms. The van der Waals surface area contributed by atoms with Crippen LogP contribution in [0.1, 0.15) is 11.1 Å². The van der Waals surface area contributed by atoms with Gasteiger partial charge < -0.3 is 4.74 Å². The van der Waals surface area contributed by atoms with Crippen molar-refractivity contribution in [2.24, 2.45) is 5.92 Å².